The predicted octanol–water partition coefficient (Wildman–Crippen LogP) is 5.33. The number of nitrogens with zero attached hydrogens (tertiary/aromatic N) is 2. The van der Waals surface area contributed by atoms with Crippen LogP contribution >= 0.6 is 27.3 Å². The van der Waals surface area contributed by atoms with Crippen molar-refractivity contribution < 1.29 is 14.3 Å². The Bertz CT molecular complexity index is 757. The highest BCUT2D eigenvalue weighted by atomic mass is 79.9. The molecule has 3 rings (SSSR count). The fourth-order valence-corrected chi connectivity index (χ4v) is 5.09. The fourth-order valence-electron chi connectivity index (χ4n) is 3.34. The number of unbranched alkanes of at least 4 members (excludes halogenated alkanes) is 1. The summed E-state index contributed by atoms with van der Waals surface area (Å²) >= 11 is 5.09. The molecular formula is C19H25BrN2O3S. The van der Waals surface area contributed by atoms with Gasteiger partial charge >= 0.3 is 5.97 Å². The van der Waals surface area contributed by atoms with Gasteiger partial charge < -0.3 is 9.47 Å². The molecular weight excluding hydrogens is 416 g/mol. The number of carbonyl (C=O) groups is 1. The summed E-state index contributed by atoms with van der Waals surface area (Å²) in [5, 5.41) is 1.13. The first-order valence-corrected chi connectivity index (χ1v) is 10.9. The largest absolute Gasteiger partial charge is 0.464 e. The minimum atomic E-state index is -0.447. The van der Waals surface area contributed by atoms with E-state index in [-0.39, 0.29) is 5.69 Å². The van der Waals surface area contributed by atoms with Gasteiger partial charge in [0.25, 0.3) is 0 Å². The molecule has 0 radical (unpaired) electrons. The van der Waals surface area contributed by atoms with Gasteiger partial charge in [0, 0.05) is 19.1 Å². The maximum Gasteiger partial charge on any atom is 0.357 e. The zero-order valence-corrected chi connectivity index (χ0v) is 17.7. The average molecular weight is 441 g/mol. The molecule has 5 nitrogen and oxygen atoms in total. The van der Waals surface area contributed by atoms with Gasteiger partial charge in [-0.3, -0.25) is 0 Å². The lowest BCUT2D eigenvalue weighted by Crippen LogP contribution is -2.18. The second kappa shape index (κ2) is 9.24. The smallest absolute Gasteiger partial charge is 0.357 e. The zero-order valence-electron chi connectivity index (χ0n) is 15.3. The van der Waals surface area contributed by atoms with Crippen LogP contribution in [0.2, 0.25) is 0 Å². The predicted molar refractivity (Wildman–Crippen MR) is 107 cm³/mol. The molecule has 0 aromatic carbocycles. The Morgan fingerprint density at radius 1 is 1.31 bits per heavy atom. The van der Waals surface area contributed by atoms with E-state index in [1.54, 1.807) is 11.3 Å². The van der Waals surface area contributed by atoms with Crippen molar-refractivity contribution in [3.05, 3.63) is 21.2 Å². The van der Waals surface area contributed by atoms with Gasteiger partial charge in [-0.1, -0.05) is 13.3 Å². The van der Waals surface area contributed by atoms with E-state index in [1.165, 1.54) is 26.4 Å². The van der Waals surface area contributed by atoms with Crippen molar-refractivity contribution in [3.8, 4) is 0 Å². The van der Waals surface area contributed by atoms with Gasteiger partial charge in [-0.25, -0.2) is 14.8 Å². The Kier molecular flexibility index (Phi) is 7.00. The molecule has 0 N–H and O–H groups in total. The number of esters is 1. The van der Waals surface area contributed by atoms with Crippen LogP contribution in [-0.4, -0.2) is 36.3 Å². The third kappa shape index (κ3) is 4.61. The highest BCUT2D eigenvalue weighted by Gasteiger charge is 2.26. The quantitative estimate of drug-likeness (QED) is 0.429. The SMILES string of the molecule is CCCCOC[C@H]1CC[C@H](c2nc3nc(C(=O)OC)c(Br)cc3s2)CC1. The summed E-state index contributed by atoms with van der Waals surface area (Å²) in [6.07, 6.45) is 7.01. The second-order valence-electron chi connectivity index (χ2n) is 6.83. The Hall–Kier alpha value is -1.05. The van der Waals surface area contributed by atoms with Gasteiger partial charge in [-0.15, -0.1) is 11.3 Å². The third-order valence-electron chi connectivity index (χ3n) is 4.92. The van der Waals surface area contributed by atoms with Crippen molar-refractivity contribution in [1.29, 1.82) is 0 Å². The molecule has 0 unspecified atom stereocenters. The Balaban J connectivity index is 1.63. The first-order chi connectivity index (χ1) is 12.6. The van der Waals surface area contributed by atoms with Crippen LogP contribution in [0, 0.1) is 5.92 Å². The van der Waals surface area contributed by atoms with Crippen molar-refractivity contribution in [2.24, 2.45) is 5.92 Å². The van der Waals surface area contributed by atoms with Crippen molar-refractivity contribution >= 4 is 43.6 Å². The number of rotatable bonds is 7. The first-order valence-electron chi connectivity index (χ1n) is 9.25. The highest BCUT2D eigenvalue weighted by Crippen LogP contribution is 2.39. The van der Waals surface area contributed by atoms with Gasteiger partial charge in [-0.2, -0.15) is 0 Å². The van der Waals surface area contributed by atoms with Gasteiger partial charge in [0.15, 0.2) is 11.3 Å². The summed E-state index contributed by atoms with van der Waals surface area (Å²) in [4.78, 5) is 20.9. The summed E-state index contributed by atoms with van der Waals surface area (Å²) in [5.74, 6) is 0.717. The lowest BCUT2D eigenvalue weighted by atomic mass is 9.83. The van der Waals surface area contributed by atoms with E-state index < -0.39 is 5.97 Å². The van der Waals surface area contributed by atoms with Gasteiger partial charge in [0.05, 0.1) is 21.3 Å². The van der Waals surface area contributed by atoms with E-state index >= 15 is 0 Å². The summed E-state index contributed by atoms with van der Waals surface area (Å²) in [6, 6.07) is 1.92. The molecule has 2 aromatic rings. The van der Waals surface area contributed by atoms with Crippen LogP contribution in [0.5, 0.6) is 0 Å². The molecule has 0 bridgehead atoms. The van der Waals surface area contributed by atoms with E-state index in [4.69, 9.17) is 14.5 Å². The number of hydrogen-bond donors (Lipinski definition) is 0. The molecule has 2 aromatic heterocycles. The minimum Gasteiger partial charge on any atom is -0.464 e. The summed E-state index contributed by atoms with van der Waals surface area (Å²) in [6.45, 7) is 3.97. The van der Waals surface area contributed by atoms with E-state index in [0.717, 1.165) is 42.2 Å². The van der Waals surface area contributed by atoms with Gasteiger partial charge in [0.2, 0.25) is 0 Å². The number of halogens is 1. The Morgan fingerprint density at radius 3 is 2.77 bits per heavy atom. The molecule has 1 fully saturated rings. The van der Waals surface area contributed by atoms with Crippen molar-refractivity contribution in [3.63, 3.8) is 0 Å². The van der Waals surface area contributed by atoms with Crippen LogP contribution in [0.4, 0.5) is 0 Å². The molecule has 1 aliphatic rings. The van der Waals surface area contributed by atoms with Crippen molar-refractivity contribution in [1.82, 2.24) is 9.97 Å². The van der Waals surface area contributed by atoms with Crippen LogP contribution in [0.1, 0.15) is 66.9 Å². The Morgan fingerprint density at radius 2 is 2.08 bits per heavy atom. The number of ether oxygens (including phenoxy) is 2. The highest BCUT2D eigenvalue weighted by molar-refractivity contribution is 9.10. The van der Waals surface area contributed by atoms with E-state index in [9.17, 15) is 4.79 Å². The number of hydrogen-bond acceptors (Lipinski definition) is 6. The average Bonchev–Trinajstić information content (AvgIpc) is 3.07. The maximum absolute atomic E-state index is 11.8. The zero-order chi connectivity index (χ0) is 18.5. The normalized spacial score (nSPS) is 20.4. The molecule has 1 aliphatic carbocycles. The minimum absolute atomic E-state index is 0.282. The maximum atomic E-state index is 11.8. The van der Waals surface area contributed by atoms with Crippen LogP contribution in [0.15, 0.2) is 10.5 Å². The molecule has 26 heavy (non-hydrogen) atoms. The molecule has 0 atom stereocenters. The number of methoxy groups -OCH3 is 1. The monoisotopic (exact) mass is 440 g/mol. The lowest BCUT2D eigenvalue weighted by molar-refractivity contribution is 0.0593. The number of aromatic nitrogens is 2. The number of fused-ring (bicyclic) bond motifs is 1. The van der Waals surface area contributed by atoms with Gasteiger partial charge in [-0.05, 0) is 60.0 Å². The fraction of sp³-hybridized carbons (Fsp3) is 0.632. The lowest BCUT2D eigenvalue weighted by Gasteiger charge is -2.27. The standard InChI is InChI=1S/C19H25BrN2O3S/c1-3-4-9-25-11-12-5-7-13(8-6-12)18-22-17-15(26-18)10-14(20)16(21-17)19(23)24-2/h10,12-13H,3-9,11H2,1-2H3/t12-,13-. The Labute approximate surface area is 166 Å². The second-order valence-corrected chi connectivity index (χ2v) is 8.75. The number of pyridine rings is 1. The van der Waals surface area contributed by atoms with Crippen LogP contribution < -0.4 is 0 Å². The molecule has 0 spiro atoms. The molecule has 1 saturated carbocycles. The molecule has 0 amide bonds. The van der Waals surface area contributed by atoms with E-state index in [1.807, 2.05) is 6.07 Å². The molecule has 2 heterocycles. The topological polar surface area (TPSA) is 61.3 Å². The van der Waals surface area contributed by atoms with E-state index in [2.05, 4.69) is 27.8 Å². The van der Waals surface area contributed by atoms with Crippen LogP contribution in [0.3, 0.4) is 0 Å². The molecule has 7 heteroatoms. The van der Waals surface area contributed by atoms with Crippen molar-refractivity contribution in [2.75, 3.05) is 20.3 Å². The number of thiazole rings is 1. The third-order valence-corrected chi connectivity index (χ3v) is 6.68. The van der Waals surface area contributed by atoms with Crippen LogP contribution in [-0.2, 0) is 9.47 Å². The molecule has 142 valence electrons. The molecule has 0 saturated heterocycles. The first kappa shape index (κ1) is 19.7. The summed E-state index contributed by atoms with van der Waals surface area (Å²) in [5.41, 5.74) is 0.920. The molecule has 0 aliphatic heterocycles. The van der Waals surface area contributed by atoms with Gasteiger partial charge in [0.1, 0.15) is 0 Å². The van der Waals surface area contributed by atoms with Crippen molar-refractivity contribution in [2.45, 2.75) is 51.4 Å². The van der Waals surface area contributed by atoms with E-state index in [0.29, 0.717) is 22.0 Å². The summed E-state index contributed by atoms with van der Waals surface area (Å²) < 4.78 is 12.2. The summed E-state index contributed by atoms with van der Waals surface area (Å²) in [7, 11) is 1.36. The van der Waals surface area contributed by atoms with Crippen LogP contribution in [0.25, 0.3) is 10.3 Å². The number of carbonyl (C=O) groups excluding carboxylic acids is 1.